The summed E-state index contributed by atoms with van der Waals surface area (Å²) in [5.74, 6) is -0.287. The molecular weight excluding hydrogens is 376 g/mol. The zero-order chi connectivity index (χ0) is 21.1. The van der Waals surface area contributed by atoms with Crippen LogP contribution in [0.5, 0.6) is 0 Å². The Kier molecular flexibility index (Phi) is 5.65. The van der Waals surface area contributed by atoms with Crippen LogP contribution in [0.15, 0.2) is 54.6 Å². The molecule has 1 aliphatic heterocycles. The molecule has 1 fully saturated rings. The molecule has 4 rings (SSSR count). The molecule has 154 valence electrons. The van der Waals surface area contributed by atoms with E-state index >= 15 is 0 Å². The Bertz CT molecular complexity index is 1070. The second-order valence-electron chi connectivity index (χ2n) is 7.65. The van der Waals surface area contributed by atoms with Crippen LogP contribution in [0.4, 0.5) is 5.69 Å². The number of para-hydroxylation sites is 2. The summed E-state index contributed by atoms with van der Waals surface area (Å²) in [6.07, 6.45) is 3.21. The Balaban J connectivity index is 1.61. The number of nitrogens with zero attached hydrogens (tertiary/aromatic N) is 3. The SMILES string of the molecule is Cc1nn(-c2ccccc2)c(C)c1C(=O)Nc1ccccc1C(=O)N1CCCCC1. The van der Waals surface area contributed by atoms with Gasteiger partial charge < -0.3 is 10.2 Å². The Morgan fingerprint density at radius 1 is 0.900 bits per heavy atom. The van der Waals surface area contributed by atoms with E-state index in [1.807, 2.05) is 61.2 Å². The molecule has 0 radical (unpaired) electrons. The van der Waals surface area contributed by atoms with Crippen molar-refractivity contribution >= 4 is 17.5 Å². The zero-order valence-corrected chi connectivity index (χ0v) is 17.4. The van der Waals surface area contributed by atoms with Crippen molar-refractivity contribution in [1.29, 1.82) is 0 Å². The topological polar surface area (TPSA) is 67.2 Å². The van der Waals surface area contributed by atoms with E-state index < -0.39 is 0 Å². The lowest BCUT2D eigenvalue weighted by molar-refractivity contribution is 0.0725. The van der Waals surface area contributed by atoms with Gasteiger partial charge in [0.1, 0.15) is 0 Å². The minimum atomic E-state index is -0.258. The van der Waals surface area contributed by atoms with Crippen molar-refractivity contribution < 1.29 is 9.59 Å². The number of piperidine rings is 1. The number of anilines is 1. The molecule has 2 heterocycles. The van der Waals surface area contributed by atoms with Crippen LogP contribution >= 0.6 is 0 Å². The first-order valence-electron chi connectivity index (χ1n) is 10.4. The number of nitrogens with one attached hydrogen (secondary N) is 1. The number of hydrogen-bond acceptors (Lipinski definition) is 3. The Hall–Kier alpha value is -3.41. The molecule has 2 amide bonds. The molecule has 2 aromatic carbocycles. The fraction of sp³-hybridized carbons (Fsp3) is 0.292. The summed E-state index contributed by atoms with van der Waals surface area (Å²) in [4.78, 5) is 28.1. The van der Waals surface area contributed by atoms with Gasteiger partial charge in [0.2, 0.25) is 0 Å². The van der Waals surface area contributed by atoms with Gasteiger partial charge in [0.15, 0.2) is 0 Å². The van der Waals surface area contributed by atoms with Gasteiger partial charge in [0, 0.05) is 13.1 Å². The van der Waals surface area contributed by atoms with Gasteiger partial charge >= 0.3 is 0 Å². The maximum Gasteiger partial charge on any atom is 0.259 e. The highest BCUT2D eigenvalue weighted by molar-refractivity contribution is 6.10. The van der Waals surface area contributed by atoms with Crippen molar-refractivity contribution in [3.05, 3.63) is 77.1 Å². The second kappa shape index (κ2) is 8.53. The van der Waals surface area contributed by atoms with E-state index in [1.54, 1.807) is 16.8 Å². The van der Waals surface area contributed by atoms with Gasteiger partial charge in [-0.15, -0.1) is 0 Å². The highest BCUT2D eigenvalue weighted by Crippen LogP contribution is 2.23. The smallest absolute Gasteiger partial charge is 0.259 e. The first-order valence-corrected chi connectivity index (χ1v) is 10.4. The molecule has 0 spiro atoms. The van der Waals surface area contributed by atoms with Crippen LogP contribution in [0.3, 0.4) is 0 Å². The fourth-order valence-electron chi connectivity index (χ4n) is 4.02. The number of rotatable bonds is 4. The molecular formula is C24H26N4O2. The third-order valence-corrected chi connectivity index (χ3v) is 5.57. The standard InChI is InChI=1S/C24H26N4O2/c1-17-22(18(2)28(26-17)19-11-5-3-6-12-19)23(29)25-21-14-8-7-13-20(21)24(30)27-15-9-4-10-16-27/h3,5-8,11-14H,4,9-10,15-16H2,1-2H3,(H,25,29). The molecule has 1 saturated heterocycles. The molecule has 6 nitrogen and oxygen atoms in total. The quantitative estimate of drug-likeness (QED) is 0.705. The van der Waals surface area contributed by atoms with E-state index in [0.29, 0.717) is 22.5 Å². The normalized spacial score (nSPS) is 13.9. The summed E-state index contributed by atoms with van der Waals surface area (Å²) in [6, 6.07) is 16.9. The van der Waals surface area contributed by atoms with Crippen LogP contribution in [0, 0.1) is 13.8 Å². The van der Waals surface area contributed by atoms with Crippen molar-refractivity contribution in [2.45, 2.75) is 33.1 Å². The van der Waals surface area contributed by atoms with Crippen LogP contribution in [-0.2, 0) is 0 Å². The lowest BCUT2D eigenvalue weighted by Crippen LogP contribution is -2.36. The van der Waals surface area contributed by atoms with Gasteiger partial charge in [0.25, 0.3) is 11.8 Å². The van der Waals surface area contributed by atoms with Crippen LogP contribution in [-0.4, -0.2) is 39.6 Å². The maximum absolute atomic E-state index is 13.2. The van der Waals surface area contributed by atoms with Crippen LogP contribution in [0.2, 0.25) is 0 Å². The monoisotopic (exact) mass is 402 g/mol. The molecule has 0 unspecified atom stereocenters. The van der Waals surface area contributed by atoms with Gasteiger partial charge in [-0.2, -0.15) is 5.10 Å². The third kappa shape index (κ3) is 3.85. The highest BCUT2D eigenvalue weighted by atomic mass is 16.2. The Morgan fingerprint density at radius 3 is 2.30 bits per heavy atom. The summed E-state index contributed by atoms with van der Waals surface area (Å²) >= 11 is 0. The summed E-state index contributed by atoms with van der Waals surface area (Å²) in [7, 11) is 0. The number of benzene rings is 2. The minimum absolute atomic E-state index is 0.0287. The predicted octanol–water partition coefficient (Wildman–Crippen LogP) is 4.37. The van der Waals surface area contributed by atoms with E-state index in [-0.39, 0.29) is 11.8 Å². The fourth-order valence-corrected chi connectivity index (χ4v) is 4.02. The number of aryl methyl sites for hydroxylation is 1. The lowest BCUT2D eigenvalue weighted by atomic mass is 10.1. The summed E-state index contributed by atoms with van der Waals surface area (Å²) in [5.41, 5.74) is 3.89. The molecule has 1 N–H and O–H groups in total. The molecule has 1 aliphatic rings. The number of aromatic nitrogens is 2. The van der Waals surface area contributed by atoms with Crippen molar-refractivity contribution in [2.75, 3.05) is 18.4 Å². The van der Waals surface area contributed by atoms with Gasteiger partial charge in [-0.05, 0) is 57.4 Å². The molecule has 0 bridgehead atoms. The predicted molar refractivity (Wildman–Crippen MR) is 117 cm³/mol. The molecule has 3 aromatic rings. The number of hydrogen-bond donors (Lipinski definition) is 1. The van der Waals surface area contributed by atoms with E-state index in [0.717, 1.165) is 43.7 Å². The van der Waals surface area contributed by atoms with Crippen LogP contribution in [0.25, 0.3) is 5.69 Å². The van der Waals surface area contributed by atoms with Crippen molar-refractivity contribution in [2.24, 2.45) is 0 Å². The molecule has 30 heavy (non-hydrogen) atoms. The van der Waals surface area contributed by atoms with Gasteiger partial charge in [-0.25, -0.2) is 4.68 Å². The Labute approximate surface area is 176 Å². The first kappa shape index (κ1) is 19.9. The molecule has 0 saturated carbocycles. The average molecular weight is 402 g/mol. The number of amides is 2. The molecule has 6 heteroatoms. The lowest BCUT2D eigenvalue weighted by Gasteiger charge is -2.27. The number of carbonyl (C=O) groups is 2. The highest BCUT2D eigenvalue weighted by Gasteiger charge is 2.24. The molecule has 0 aliphatic carbocycles. The van der Waals surface area contributed by atoms with Crippen molar-refractivity contribution in [1.82, 2.24) is 14.7 Å². The molecule has 1 aromatic heterocycles. The van der Waals surface area contributed by atoms with Gasteiger partial charge in [0.05, 0.1) is 33.9 Å². The van der Waals surface area contributed by atoms with Crippen molar-refractivity contribution in [3.8, 4) is 5.69 Å². The number of carbonyl (C=O) groups excluding carboxylic acids is 2. The molecule has 0 atom stereocenters. The largest absolute Gasteiger partial charge is 0.339 e. The summed E-state index contributed by atoms with van der Waals surface area (Å²) in [6.45, 7) is 5.24. The van der Waals surface area contributed by atoms with E-state index in [4.69, 9.17) is 0 Å². The van der Waals surface area contributed by atoms with Crippen molar-refractivity contribution in [3.63, 3.8) is 0 Å². The van der Waals surface area contributed by atoms with Gasteiger partial charge in [-0.1, -0.05) is 30.3 Å². The van der Waals surface area contributed by atoms with Gasteiger partial charge in [-0.3, -0.25) is 9.59 Å². The van der Waals surface area contributed by atoms with E-state index in [2.05, 4.69) is 10.4 Å². The van der Waals surface area contributed by atoms with Crippen LogP contribution in [0.1, 0.15) is 51.4 Å². The zero-order valence-electron chi connectivity index (χ0n) is 17.4. The van der Waals surface area contributed by atoms with Crippen LogP contribution < -0.4 is 5.32 Å². The third-order valence-electron chi connectivity index (χ3n) is 5.57. The van der Waals surface area contributed by atoms with E-state index in [1.165, 1.54) is 0 Å². The average Bonchev–Trinajstić information content (AvgIpc) is 3.09. The minimum Gasteiger partial charge on any atom is -0.339 e. The summed E-state index contributed by atoms with van der Waals surface area (Å²) in [5, 5.41) is 7.51. The summed E-state index contributed by atoms with van der Waals surface area (Å²) < 4.78 is 1.77. The maximum atomic E-state index is 13.2. The Morgan fingerprint density at radius 2 is 1.57 bits per heavy atom. The first-order chi connectivity index (χ1) is 14.6. The second-order valence-corrected chi connectivity index (χ2v) is 7.65. The number of likely N-dealkylation sites (tertiary alicyclic amines) is 1. The van der Waals surface area contributed by atoms with E-state index in [9.17, 15) is 9.59 Å².